The summed E-state index contributed by atoms with van der Waals surface area (Å²) in [6, 6.07) is 13.4. The number of carbonyl (C=O) groups is 1. The van der Waals surface area contributed by atoms with Crippen molar-refractivity contribution in [1.82, 2.24) is 9.38 Å². The minimum atomic E-state index is -0.224. The van der Waals surface area contributed by atoms with Crippen LogP contribution in [0.5, 0.6) is 0 Å². The first kappa shape index (κ1) is 17.6. The molecule has 0 unspecified atom stereocenters. The predicted octanol–water partition coefficient (Wildman–Crippen LogP) is 3.48. The normalized spacial score (nSPS) is 14.8. The summed E-state index contributed by atoms with van der Waals surface area (Å²) >= 11 is 6.20. The molecule has 1 aromatic carbocycles. The molecule has 3 aromatic rings. The Kier molecular flexibility index (Phi) is 5.09. The summed E-state index contributed by atoms with van der Waals surface area (Å²) in [5.41, 5.74) is 3.18. The van der Waals surface area contributed by atoms with Crippen LogP contribution >= 0.6 is 11.6 Å². The van der Waals surface area contributed by atoms with E-state index in [1.165, 1.54) is 6.08 Å². The Balaban J connectivity index is 1.53. The van der Waals surface area contributed by atoms with E-state index in [1.54, 1.807) is 6.08 Å². The summed E-state index contributed by atoms with van der Waals surface area (Å²) in [6.45, 7) is 2.99. The smallest absolute Gasteiger partial charge is 0.248 e. The van der Waals surface area contributed by atoms with Crippen molar-refractivity contribution in [2.75, 3.05) is 36.5 Å². The number of hydrogen-bond acceptors (Lipinski definition) is 4. The average Bonchev–Trinajstić information content (AvgIpc) is 3.02. The number of nitrogens with zero attached hydrogens (tertiary/aromatic N) is 3. The van der Waals surface area contributed by atoms with Crippen LogP contribution in [0.25, 0.3) is 11.7 Å². The number of aromatic nitrogens is 2. The summed E-state index contributed by atoms with van der Waals surface area (Å²) in [5, 5.41) is 3.32. The Morgan fingerprint density at radius 1 is 1.15 bits per heavy atom. The lowest BCUT2D eigenvalue weighted by Crippen LogP contribution is -2.36. The van der Waals surface area contributed by atoms with Gasteiger partial charge in [0.15, 0.2) is 5.15 Å². The number of nitrogens with one attached hydrogen (secondary N) is 1. The zero-order valence-electron chi connectivity index (χ0n) is 14.6. The lowest BCUT2D eigenvalue weighted by molar-refractivity contribution is -0.111. The van der Waals surface area contributed by atoms with Crippen molar-refractivity contribution in [3.05, 3.63) is 65.6 Å². The summed E-state index contributed by atoms with van der Waals surface area (Å²) < 4.78 is 7.25. The molecular formula is C20H19ClN4O2. The Morgan fingerprint density at radius 2 is 1.93 bits per heavy atom. The fourth-order valence-electron chi connectivity index (χ4n) is 3.12. The van der Waals surface area contributed by atoms with Gasteiger partial charge in [0.05, 0.1) is 30.3 Å². The van der Waals surface area contributed by atoms with Gasteiger partial charge in [0, 0.05) is 25.4 Å². The van der Waals surface area contributed by atoms with Crippen LogP contribution in [-0.2, 0) is 9.53 Å². The first-order valence-corrected chi connectivity index (χ1v) is 9.13. The Labute approximate surface area is 162 Å². The van der Waals surface area contributed by atoms with E-state index in [2.05, 4.69) is 15.2 Å². The van der Waals surface area contributed by atoms with E-state index in [-0.39, 0.29) is 5.91 Å². The van der Waals surface area contributed by atoms with Crippen LogP contribution in [0.2, 0.25) is 5.15 Å². The number of benzene rings is 1. The third kappa shape index (κ3) is 3.82. The molecule has 1 aliphatic rings. The van der Waals surface area contributed by atoms with Gasteiger partial charge in [-0.1, -0.05) is 29.8 Å². The minimum Gasteiger partial charge on any atom is -0.378 e. The monoisotopic (exact) mass is 382 g/mol. The van der Waals surface area contributed by atoms with Gasteiger partial charge in [-0.25, -0.2) is 4.98 Å². The first-order chi connectivity index (χ1) is 13.2. The molecule has 0 radical (unpaired) electrons. The van der Waals surface area contributed by atoms with Crippen LogP contribution < -0.4 is 10.2 Å². The molecule has 0 spiro atoms. The van der Waals surface area contributed by atoms with E-state index in [0.29, 0.717) is 24.1 Å². The molecular weight excluding hydrogens is 364 g/mol. The van der Waals surface area contributed by atoms with Gasteiger partial charge in [0.1, 0.15) is 5.65 Å². The molecule has 0 atom stereocenters. The number of morpholine rings is 1. The number of hydrogen-bond donors (Lipinski definition) is 1. The topological polar surface area (TPSA) is 58.9 Å². The summed E-state index contributed by atoms with van der Waals surface area (Å²) in [4.78, 5) is 19.0. The standard InChI is InChI=1S/C20H19ClN4O2/c21-20-17(25-10-4-3-7-18(25)23-20)8-9-19(26)22-15-5-1-2-6-16(15)24-11-13-27-14-12-24/h1-10H,11-14H2,(H,22,26). The van der Waals surface area contributed by atoms with Gasteiger partial charge in [0.2, 0.25) is 5.91 Å². The van der Waals surface area contributed by atoms with E-state index >= 15 is 0 Å². The van der Waals surface area contributed by atoms with E-state index < -0.39 is 0 Å². The lowest BCUT2D eigenvalue weighted by atomic mass is 10.2. The second-order valence-electron chi connectivity index (χ2n) is 6.16. The van der Waals surface area contributed by atoms with Crippen LogP contribution in [0, 0.1) is 0 Å². The molecule has 1 aliphatic heterocycles. The van der Waals surface area contributed by atoms with Crippen LogP contribution in [0.4, 0.5) is 11.4 Å². The molecule has 1 saturated heterocycles. The number of pyridine rings is 1. The molecule has 27 heavy (non-hydrogen) atoms. The van der Waals surface area contributed by atoms with E-state index in [4.69, 9.17) is 16.3 Å². The maximum atomic E-state index is 12.5. The molecule has 4 rings (SSSR count). The van der Waals surface area contributed by atoms with E-state index in [1.807, 2.05) is 53.1 Å². The van der Waals surface area contributed by atoms with Crippen molar-refractivity contribution in [2.24, 2.45) is 0 Å². The van der Waals surface area contributed by atoms with Crippen molar-refractivity contribution < 1.29 is 9.53 Å². The van der Waals surface area contributed by atoms with Crippen LogP contribution in [0.1, 0.15) is 5.69 Å². The number of anilines is 2. The highest BCUT2D eigenvalue weighted by Crippen LogP contribution is 2.26. The molecule has 0 saturated carbocycles. The van der Waals surface area contributed by atoms with Gasteiger partial charge in [-0.2, -0.15) is 0 Å². The molecule has 7 heteroatoms. The SMILES string of the molecule is O=C(C=Cc1c(Cl)nc2ccccn12)Nc1ccccc1N1CCOCC1. The fraction of sp³-hybridized carbons (Fsp3) is 0.200. The lowest BCUT2D eigenvalue weighted by Gasteiger charge is -2.30. The van der Waals surface area contributed by atoms with Gasteiger partial charge < -0.3 is 15.0 Å². The van der Waals surface area contributed by atoms with Gasteiger partial charge in [-0.05, 0) is 30.3 Å². The number of rotatable bonds is 4. The largest absolute Gasteiger partial charge is 0.378 e. The fourth-order valence-corrected chi connectivity index (χ4v) is 3.36. The number of fused-ring (bicyclic) bond motifs is 1. The molecule has 0 aliphatic carbocycles. The van der Waals surface area contributed by atoms with Crippen LogP contribution in [0.15, 0.2) is 54.7 Å². The zero-order valence-corrected chi connectivity index (χ0v) is 15.4. The van der Waals surface area contributed by atoms with Crippen molar-refractivity contribution >= 4 is 40.6 Å². The van der Waals surface area contributed by atoms with Gasteiger partial charge >= 0.3 is 0 Å². The van der Waals surface area contributed by atoms with Gasteiger partial charge in [0.25, 0.3) is 0 Å². The Hall–Kier alpha value is -2.83. The predicted molar refractivity (Wildman–Crippen MR) is 107 cm³/mol. The van der Waals surface area contributed by atoms with Crippen LogP contribution in [0.3, 0.4) is 0 Å². The Bertz CT molecular complexity index is 993. The third-order valence-corrected chi connectivity index (χ3v) is 4.71. The summed E-state index contributed by atoms with van der Waals surface area (Å²) in [5.74, 6) is -0.224. The highest BCUT2D eigenvalue weighted by atomic mass is 35.5. The molecule has 1 fully saturated rings. The summed E-state index contributed by atoms with van der Waals surface area (Å²) in [7, 11) is 0. The first-order valence-electron chi connectivity index (χ1n) is 8.76. The summed E-state index contributed by atoms with van der Waals surface area (Å²) in [6.07, 6.45) is 5.01. The van der Waals surface area contributed by atoms with Gasteiger partial charge in [-0.3, -0.25) is 9.20 Å². The number of halogens is 1. The highest BCUT2D eigenvalue weighted by molar-refractivity contribution is 6.31. The molecule has 2 aromatic heterocycles. The quantitative estimate of drug-likeness (QED) is 0.702. The Morgan fingerprint density at radius 3 is 2.78 bits per heavy atom. The molecule has 138 valence electrons. The molecule has 1 N–H and O–H groups in total. The molecule has 0 bridgehead atoms. The van der Waals surface area contributed by atoms with Crippen molar-refractivity contribution in [1.29, 1.82) is 0 Å². The molecule has 1 amide bonds. The van der Waals surface area contributed by atoms with Crippen molar-refractivity contribution in [3.8, 4) is 0 Å². The second kappa shape index (κ2) is 7.82. The zero-order chi connectivity index (χ0) is 18.6. The number of amides is 1. The number of imidazole rings is 1. The average molecular weight is 383 g/mol. The maximum Gasteiger partial charge on any atom is 0.248 e. The van der Waals surface area contributed by atoms with Crippen molar-refractivity contribution in [2.45, 2.75) is 0 Å². The third-order valence-electron chi connectivity index (χ3n) is 4.43. The molecule has 6 nitrogen and oxygen atoms in total. The minimum absolute atomic E-state index is 0.224. The van der Waals surface area contributed by atoms with E-state index in [9.17, 15) is 4.79 Å². The molecule has 3 heterocycles. The maximum absolute atomic E-state index is 12.5. The van der Waals surface area contributed by atoms with Gasteiger partial charge in [-0.15, -0.1) is 0 Å². The van der Waals surface area contributed by atoms with E-state index in [0.717, 1.165) is 30.1 Å². The number of carbonyl (C=O) groups excluding carboxylic acids is 1. The van der Waals surface area contributed by atoms with Crippen molar-refractivity contribution in [3.63, 3.8) is 0 Å². The van der Waals surface area contributed by atoms with Crippen LogP contribution in [-0.4, -0.2) is 41.6 Å². The highest BCUT2D eigenvalue weighted by Gasteiger charge is 2.15. The number of ether oxygens (including phenoxy) is 1. The number of para-hydroxylation sites is 2. The second-order valence-corrected chi connectivity index (χ2v) is 6.51.